The number of aliphatic hydroxyl groups excluding tert-OH is 2. The Kier molecular flexibility index (Phi) is 7.49. The minimum atomic E-state index is -4.00. The molecule has 0 aromatic carbocycles. The Balaban J connectivity index is 1.54. The molecule has 0 aromatic heterocycles. The Labute approximate surface area is 221 Å². The molecule has 2 bridgehead atoms. The second-order valence-electron chi connectivity index (χ2n) is 12.2. The van der Waals surface area contributed by atoms with Gasteiger partial charge in [-0.3, -0.25) is 9.59 Å². The van der Waals surface area contributed by atoms with Crippen LogP contribution < -0.4 is 0 Å². The number of aliphatic hydroxyl groups is 3. The van der Waals surface area contributed by atoms with E-state index >= 15 is 0 Å². The van der Waals surface area contributed by atoms with Crippen molar-refractivity contribution in [3.63, 3.8) is 0 Å². The van der Waals surface area contributed by atoms with Crippen molar-refractivity contribution in [3.05, 3.63) is 0 Å². The van der Waals surface area contributed by atoms with E-state index in [0.29, 0.717) is 12.8 Å². The number of sulfonamides is 1. The molecule has 2 heterocycles. The maximum atomic E-state index is 13.7. The lowest BCUT2D eigenvalue weighted by Crippen LogP contribution is -2.59. The van der Waals surface area contributed by atoms with Crippen LogP contribution in [0, 0.1) is 16.7 Å². The third-order valence-corrected chi connectivity index (χ3v) is 11.9. The van der Waals surface area contributed by atoms with Crippen molar-refractivity contribution in [2.45, 2.75) is 102 Å². The molecule has 4 aliphatic rings. The Morgan fingerprint density at radius 1 is 1.21 bits per heavy atom. The molecular formula is C24H39NO12S. The monoisotopic (exact) mass is 565 g/mol. The average Bonchev–Trinajstić information content (AvgIpc) is 3.46. The van der Waals surface area contributed by atoms with Crippen LogP contribution in [0.1, 0.15) is 72.6 Å². The Hall–Kier alpha value is -1.39. The third-order valence-electron chi connectivity index (χ3n) is 9.95. The molecule has 0 radical (unpaired) electrons. The second-order valence-corrected chi connectivity index (χ2v) is 14.0. The van der Waals surface area contributed by atoms with Crippen molar-refractivity contribution in [2.75, 3.05) is 19.0 Å². The molecule has 4 fully saturated rings. The number of esters is 1. The summed E-state index contributed by atoms with van der Waals surface area (Å²) in [6, 6.07) is -0.553. The summed E-state index contributed by atoms with van der Waals surface area (Å²) in [5, 5.41) is 44.2. The van der Waals surface area contributed by atoms with E-state index in [1.807, 2.05) is 13.8 Å². The smallest absolute Gasteiger partial charge is 0.305 e. The summed E-state index contributed by atoms with van der Waals surface area (Å²) >= 11 is 0. The highest BCUT2D eigenvalue weighted by Gasteiger charge is 2.73. The number of hydrogen-bond acceptors (Lipinski definition) is 12. The van der Waals surface area contributed by atoms with Crippen LogP contribution in [0.3, 0.4) is 0 Å². The first-order chi connectivity index (χ1) is 17.5. The van der Waals surface area contributed by atoms with Gasteiger partial charge < -0.3 is 24.8 Å². The van der Waals surface area contributed by atoms with Crippen molar-refractivity contribution in [1.82, 2.24) is 4.31 Å². The number of amides is 1. The van der Waals surface area contributed by atoms with Crippen molar-refractivity contribution < 1.29 is 58.0 Å². The minimum absolute atomic E-state index is 0.0772. The minimum Gasteiger partial charge on any atom is -0.463 e. The van der Waals surface area contributed by atoms with Crippen molar-refractivity contribution in [1.29, 1.82) is 0 Å². The van der Waals surface area contributed by atoms with E-state index in [2.05, 4.69) is 5.04 Å². The topological polar surface area (TPSA) is 189 Å². The number of carbonyl (C=O) groups excluding carboxylic acids is 2. The van der Waals surface area contributed by atoms with Gasteiger partial charge in [-0.25, -0.2) is 18.0 Å². The summed E-state index contributed by atoms with van der Waals surface area (Å²) in [7, 11) is -4.00. The van der Waals surface area contributed by atoms with E-state index in [4.69, 9.17) is 24.7 Å². The van der Waals surface area contributed by atoms with Crippen LogP contribution >= 0.6 is 0 Å². The molecule has 0 aromatic rings. The zero-order valence-corrected chi connectivity index (χ0v) is 23.0. The SMILES string of the molecule is CC1(C)[C@H]2CC[C@@]13CS(=O)(=O)N(C(=O)[C@@H](O)[C@]1(C)CC[C@](OOO)([C@@](C)(O)CCC(=O)OCCO)O1)[C@H]3C2. The highest BCUT2D eigenvalue weighted by Crippen LogP contribution is 2.70. The van der Waals surface area contributed by atoms with Crippen LogP contribution in [0.15, 0.2) is 0 Å². The summed E-state index contributed by atoms with van der Waals surface area (Å²) in [6.45, 7) is 6.16. The predicted molar refractivity (Wildman–Crippen MR) is 128 cm³/mol. The number of hydrogen-bond donors (Lipinski definition) is 4. The molecule has 7 atom stereocenters. The molecule has 218 valence electrons. The molecular weight excluding hydrogens is 526 g/mol. The van der Waals surface area contributed by atoms with E-state index < -0.39 is 56.4 Å². The molecule has 13 nitrogen and oxygen atoms in total. The number of ether oxygens (including phenoxy) is 2. The molecule has 14 heteroatoms. The van der Waals surface area contributed by atoms with E-state index in [1.54, 1.807) is 0 Å². The van der Waals surface area contributed by atoms with Gasteiger partial charge in [0.1, 0.15) is 17.8 Å². The van der Waals surface area contributed by atoms with Crippen LogP contribution in [0.2, 0.25) is 0 Å². The van der Waals surface area contributed by atoms with Gasteiger partial charge in [0.2, 0.25) is 15.8 Å². The quantitative estimate of drug-likeness (QED) is 0.163. The summed E-state index contributed by atoms with van der Waals surface area (Å²) < 4.78 is 38.2. The molecule has 0 unspecified atom stereocenters. The molecule has 4 N–H and O–H groups in total. The van der Waals surface area contributed by atoms with Gasteiger partial charge in [-0.15, -0.1) is 0 Å². The van der Waals surface area contributed by atoms with Gasteiger partial charge in [-0.1, -0.05) is 18.9 Å². The molecule has 38 heavy (non-hydrogen) atoms. The maximum Gasteiger partial charge on any atom is 0.305 e. The van der Waals surface area contributed by atoms with E-state index in [1.165, 1.54) is 13.8 Å². The van der Waals surface area contributed by atoms with Gasteiger partial charge in [-0.05, 0) is 57.3 Å². The standard InChI is InChI=1S/C24H39NO12S/c1-20(2)15-5-8-23(20)14-38(32,33)25(16(23)13-15)19(29)18(28)21(3)9-10-24(35-21,36-37-31)22(4,30)7-6-17(27)34-12-11-26/h15-16,18,26,28,30-31H,5-14H2,1-4H3/t15-,16-,18+,21-,22-,23-,24-/m0/s1. The largest absolute Gasteiger partial charge is 0.463 e. The first kappa shape index (κ1) is 29.6. The van der Waals surface area contributed by atoms with E-state index in [9.17, 15) is 28.2 Å². The highest BCUT2D eigenvalue weighted by molar-refractivity contribution is 7.90. The van der Waals surface area contributed by atoms with Crippen LogP contribution in [-0.2, 0) is 39.0 Å². The van der Waals surface area contributed by atoms with E-state index in [0.717, 1.165) is 10.7 Å². The van der Waals surface area contributed by atoms with Gasteiger partial charge >= 0.3 is 5.97 Å². The molecule has 1 spiro atoms. The summed E-state index contributed by atoms with van der Waals surface area (Å²) in [5.74, 6) is -3.72. The fourth-order valence-electron chi connectivity index (χ4n) is 7.40. The molecule has 2 aliphatic heterocycles. The van der Waals surface area contributed by atoms with Crippen LogP contribution in [0.25, 0.3) is 0 Å². The highest BCUT2D eigenvalue weighted by atomic mass is 32.2. The molecule has 1 amide bonds. The first-order valence-corrected chi connectivity index (χ1v) is 14.6. The van der Waals surface area contributed by atoms with Gasteiger partial charge in [0, 0.05) is 18.3 Å². The lowest BCUT2D eigenvalue weighted by molar-refractivity contribution is -0.574. The zero-order chi connectivity index (χ0) is 28.4. The molecule has 2 saturated carbocycles. The van der Waals surface area contributed by atoms with Crippen LogP contribution in [0.5, 0.6) is 0 Å². The fraction of sp³-hybridized carbons (Fsp3) is 0.917. The third kappa shape index (κ3) is 4.28. The number of nitrogens with zero attached hydrogens (tertiary/aromatic N) is 1. The molecule has 2 saturated heterocycles. The van der Waals surface area contributed by atoms with Crippen LogP contribution in [-0.4, -0.2) is 93.3 Å². The Bertz CT molecular complexity index is 1060. The Morgan fingerprint density at radius 2 is 1.89 bits per heavy atom. The van der Waals surface area contributed by atoms with Gasteiger partial charge in [0.15, 0.2) is 6.10 Å². The normalized spacial score (nSPS) is 39.1. The van der Waals surface area contributed by atoms with Gasteiger partial charge in [0.25, 0.3) is 5.91 Å². The first-order valence-electron chi connectivity index (χ1n) is 12.9. The Morgan fingerprint density at radius 3 is 2.50 bits per heavy atom. The average molecular weight is 566 g/mol. The lowest BCUT2D eigenvalue weighted by Gasteiger charge is -2.42. The van der Waals surface area contributed by atoms with Crippen molar-refractivity contribution in [3.8, 4) is 0 Å². The number of rotatable bonds is 10. The maximum absolute atomic E-state index is 13.7. The van der Waals surface area contributed by atoms with Crippen molar-refractivity contribution >= 4 is 21.9 Å². The van der Waals surface area contributed by atoms with Gasteiger partial charge in [0.05, 0.1) is 18.4 Å². The lowest BCUT2D eigenvalue weighted by atomic mass is 9.69. The summed E-state index contributed by atoms with van der Waals surface area (Å²) in [4.78, 5) is 30.5. The molecule has 2 aliphatic carbocycles. The van der Waals surface area contributed by atoms with Crippen LogP contribution in [0.4, 0.5) is 0 Å². The number of carbonyl (C=O) groups is 2. The predicted octanol–water partition coefficient (Wildman–Crippen LogP) is 0.468. The van der Waals surface area contributed by atoms with Crippen molar-refractivity contribution in [2.24, 2.45) is 16.7 Å². The van der Waals surface area contributed by atoms with Gasteiger partial charge in [-0.2, -0.15) is 4.89 Å². The van der Waals surface area contributed by atoms with E-state index in [-0.39, 0.29) is 56.0 Å². The molecule has 4 rings (SSSR count). The number of fused-ring (bicyclic) bond motifs is 1. The zero-order valence-electron chi connectivity index (χ0n) is 22.2. The summed E-state index contributed by atoms with van der Waals surface area (Å²) in [5.41, 5.74) is -4.56. The summed E-state index contributed by atoms with van der Waals surface area (Å²) in [6.07, 6.45) is -0.669. The second kappa shape index (κ2) is 9.61. The fourth-order valence-corrected chi connectivity index (χ4v) is 9.95.